The number of pyridine rings is 1. The fourth-order valence-electron chi connectivity index (χ4n) is 1.81. The van der Waals surface area contributed by atoms with Crippen molar-refractivity contribution in [3.63, 3.8) is 0 Å². The number of halogens is 1. The molecule has 0 saturated heterocycles. The topological polar surface area (TPSA) is 79.4 Å². The van der Waals surface area contributed by atoms with Crippen molar-refractivity contribution in [3.05, 3.63) is 47.1 Å². The minimum atomic E-state index is -3.50. The van der Waals surface area contributed by atoms with Crippen LogP contribution in [0.15, 0.2) is 57.0 Å². The first-order valence-corrected chi connectivity index (χ1v) is 10.4. The lowest BCUT2D eigenvalue weighted by Crippen LogP contribution is -2.23. The summed E-state index contributed by atoms with van der Waals surface area (Å²) in [7, 11) is -0.575. The van der Waals surface area contributed by atoms with E-state index in [2.05, 4.69) is 26.2 Å². The van der Waals surface area contributed by atoms with E-state index in [-0.39, 0.29) is 16.1 Å². The molecule has 0 bridgehead atoms. The number of hydrogen-bond acceptors (Lipinski definition) is 5. The van der Waals surface area contributed by atoms with Gasteiger partial charge in [-0.25, -0.2) is 17.7 Å². The van der Waals surface area contributed by atoms with Gasteiger partial charge in [0.15, 0.2) is 0 Å². The SMILES string of the molecule is CC(Sc1ccc(S(=O)(=O)N(C)C)cn1)C(=O)Nc1ccc(Br)cc1. The smallest absolute Gasteiger partial charge is 0.244 e. The molecule has 0 aliphatic rings. The van der Waals surface area contributed by atoms with Gasteiger partial charge < -0.3 is 5.32 Å². The summed E-state index contributed by atoms with van der Waals surface area (Å²) in [6.07, 6.45) is 1.30. The summed E-state index contributed by atoms with van der Waals surface area (Å²) in [6.45, 7) is 1.77. The molecular formula is C16H18BrN3O3S2. The normalized spacial score (nSPS) is 12.8. The maximum absolute atomic E-state index is 12.2. The first-order valence-electron chi connectivity index (χ1n) is 7.32. The van der Waals surface area contributed by atoms with E-state index in [4.69, 9.17) is 0 Å². The molecule has 0 saturated carbocycles. The van der Waals surface area contributed by atoms with Crippen LogP contribution in [-0.2, 0) is 14.8 Å². The van der Waals surface area contributed by atoms with Gasteiger partial charge in [-0.2, -0.15) is 0 Å². The zero-order chi connectivity index (χ0) is 18.6. The van der Waals surface area contributed by atoms with Crippen molar-refractivity contribution in [2.24, 2.45) is 0 Å². The van der Waals surface area contributed by atoms with E-state index >= 15 is 0 Å². The number of sulfonamides is 1. The number of nitrogens with one attached hydrogen (secondary N) is 1. The van der Waals surface area contributed by atoms with Crippen LogP contribution in [0.25, 0.3) is 0 Å². The van der Waals surface area contributed by atoms with Gasteiger partial charge >= 0.3 is 0 Å². The fraction of sp³-hybridized carbons (Fsp3) is 0.250. The highest BCUT2D eigenvalue weighted by Gasteiger charge is 2.19. The van der Waals surface area contributed by atoms with Gasteiger partial charge in [0.25, 0.3) is 0 Å². The second kappa shape index (κ2) is 8.31. The lowest BCUT2D eigenvalue weighted by atomic mass is 10.3. The van der Waals surface area contributed by atoms with Crippen LogP contribution in [0.5, 0.6) is 0 Å². The predicted octanol–water partition coefficient (Wildman–Crippen LogP) is 3.21. The molecule has 25 heavy (non-hydrogen) atoms. The van der Waals surface area contributed by atoms with Crippen LogP contribution < -0.4 is 5.32 Å². The van der Waals surface area contributed by atoms with Gasteiger partial charge in [-0.1, -0.05) is 27.7 Å². The number of hydrogen-bond donors (Lipinski definition) is 1. The number of carbonyl (C=O) groups excluding carboxylic acids is 1. The third-order valence-corrected chi connectivity index (χ3v) is 6.64. The fourth-order valence-corrected chi connectivity index (χ4v) is 3.71. The lowest BCUT2D eigenvalue weighted by Gasteiger charge is -2.13. The molecule has 1 aromatic heterocycles. The van der Waals surface area contributed by atoms with Gasteiger partial charge in [0.05, 0.1) is 10.3 Å². The Kier molecular flexibility index (Phi) is 6.61. The highest BCUT2D eigenvalue weighted by Crippen LogP contribution is 2.24. The summed E-state index contributed by atoms with van der Waals surface area (Å²) in [6, 6.07) is 10.4. The third-order valence-electron chi connectivity index (χ3n) is 3.27. The Labute approximate surface area is 160 Å². The second-order valence-electron chi connectivity index (χ2n) is 5.38. The molecule has 9 heteroatoms. The number of thioether (sulfide) groups is 1. The Balaban J connectivity index is 2.01. The van der Waals surface area contributed by atoms with E-state index in [0.717, 1.165) is 8.78 Å². The second-order valence-corrected chi connectivity index (χ2v) is 9.80. The summed E-state index contributed by atoms with van der Waals surface area (Å²) < 4.78 is 26.1. The zero-order valence-corrected chi connectivity index (χ0v) is 17.2. The zero-order valence-electron chi connectivity index (χ0n) is 13.9. The Hall–Kier alpha value is -1.42. The molecular weight excluding hydrogens is 426 g/mol. The maximum atomic E-state index is 12.2. The van der Waals surface area contributed by atoms with Gasteiger partial charge in [-0.15, -0.1) is 0 Å². The quantitative estimate of drug-likeness (QED) is 0.693. The summed E-state index contributed by atoms with van der Waals surface area (Å²) in [4.78, 5) is 16.5. The monoisotopic (exact) mass is 443 g/mol. The number of carbonyl (C=O) groups is 1. The van der Waals surface area contributed by atoms with Crippen molar-refractivity contribution in [1.82, 2.24) is 9.29 Å². The number of amides is 1. The van der Waals surface area contributed by atoms with Gasteiger partial charge in [0.2, 0.25) is 15.9 Å². The molecule has 1 amide bonds. The van der Waals surface area contributed by atoms with Crippen LogP contribution in [0.1, 0.15) is 6.92 Å². The average Bonchev–Trinajstić information content (AvgIpc) is 2.57. The first kappa shape index (κ1) is 19.9. The highest BCUT2D eigenvalue weighted by molar-refractivity contribution is 9.10. The lowest BCUT2D eigenvalue weighted by molar-refractivity contribution is -0.115. The molecule has 134 valence electrons. The molecule has 2 aromatic rings. The van der Waals surface area contributed by atoms with Gasteiger partial charge in [0.1, 0.15) is 4.90 Å². The number of rotatable bonds is 6. The van der Waals surface area contributed by atoms with Crippen LogP contribution in [-0.4, -0.2) is 43.0 Å². The third kappa shape index (κ3) is 5.27. The van der Waals surface area contributed by atoms with Crippen LogP contribution >= 0.6 is 27.7 Å². The molecule has 1 N–H and O–H groups in total. The van der Waals surface area contributed by atoms with Gasteiger partial charge in [0, 0.05) is 30.5 Å². The predicted molar refractivity (Wildman–Crippen MR) is 103 cm³/mol. The molecule has 0 aliphatic carbocycles. The number of benzene rings is 1. The summed E-state index contributed by atoms with van der Waals surface area (Å²) in [5.74, 6) is -0.154. The largest absolute Gasteiger partial charge is 0.325 e. The van der Waals surface area contributed by atoms with Crippen LogP contribution in [0.3, 0.4) is 0 Å². The molecule has 1 heterocycles. The summed E-state index contributed by atoms with van der Waals surface area (Å²) in [5, 5.41) is 3.03. The summed E-state index contributed by atoms with van der Waals surface area (Å²) >= 11 is 4.60. The molecule has 0 aliphatic heterocycles. The van der Waals surface area contributed by atoms with E-state index < -0.39 is 10.0 Å². The van der Waals surface area contributed by atoms with Gasteiger partial charge in [-0.05, 0) is 43.3 Å². The molecule has 1 unspecified atom stereocenters. The Bertz CT molecular complexity index is 838. The Morgan fingerprint density at radius 2 is 1.84 bits per heavy atom. The first-order chi connectivity index (χ1) is 11.7. The molecule has 6 nitrogen and oxygen atoms in total. The molecule has 1 atom stereocenters. The van der Waals surface area contributed by atoms with Crippen molar-refractivity contribution in [3.8, 4) is 0 Å². The van der Waals surface area contributed by atoms with Crippen molar-refractivity contribution in [2.75, 3.05) is 19.4 Å². The number of nitrogens with zero attached hydrogens (tertiary/aromatic N) is 2. The van der Waals surface area contributed by atoms with E-state index in [1.807, 2.05) is 12.1 Å². The minimum absolute atomic E-state index is 0.119. The number of aromatic nitrogens is 1. The van der Waals surface area contributed by atoms with Crippen molar-refractivity contribution in [2.45, 2.75) is 22.1 Å². The average molecular weight is 444 g/mol. The van der Waals surface area contributed by atoms with Crippen molar-refractivity contribution >= 4 is 49.3 Å². The molecule has 2 rings (SSSR count). The van der Waals surface area contributed by atoms with Crippen molar-refractivity contribution < 1.29 is 13.2 Å². The van der Waals surface area contributed by atoms with E-state index in [1.54, 1.807) is 25.1 Å². The van der Waals surface area contributed by atoms with Gasteiger partial charge in [-0.3, -0.25) is 4.79 Å². The standard InChI is InChI=1S/C16H18BrN3O3S2/c1-11(16(21)19-13-6-4-12(17)5-7-13)24-15-9-8-14(10-18-15)25(22,23)20(2)3/h4-11H,1-3H3,(H,19,21). The van der Waals surface area contributed by atoms with Crippen LogP contribution in [0.2, 0.25) is 0 Å². The number of anilines is 1. The van der Waals surface area contributed by atoms with E-state index in [9.17, 15) is 13.2 Å². The molecule has 0 radical (unpaired) electrons. The maximum Gasteiger partial charge on any atom is 0.244 e. The summed E-state index contributed by atoms with van der Waals surface area (Å²) in [5.41, 5.74) is 0.709. The van der Waals surface area contributed by atoms with E-state index in [0.29, 0.717) is 10.7 Å². The highest BCUT2D eigenvalue weighted by atomic mass is 79.9. The Morgan fingerprint density at radius 3 is 2.36 bits per heavy atom. The molecule has 0 fully saturated rings. The van der Waals surface area contributed by atoms with Crippen LogP contribution in [0, 0.1) is 0 Å². The Morgan fingerprint density at radius 1 is 1.20 bits per heavy atom. The van der Waals surface area contributed by atoms with Crippen molar-refractivity contribution in [1.29, 1.82) is 0 Å². The molecule has 0 spiro atoms. The molecule has 1 aromatic carbocycles. The van der Waals surface area contributed by atoms with E-state index in [1.165, 1.54) is 38.1 Å². The van der Waals surface area contributed by atoms with Crippen LogP contribution in [0.4, 0.5) is 5.69 Å². The minimum Gasteiger partial charge on any atom is -0.325 e.